The van der Waals surface area contributed by atoms with Gasteiger partial charge in [-0.15, -0.1) is 0 Å². The monoisotopic (exact) mass is 311 g/mol. The lowest BCUT2D eigenvalue weighted by atomic mass is 10.2. The van der Waals surface area contributed by atoms with Gasteiger partial charge in [0, 0.05) is 18.2 Å². The van der Waals surface area contributed by atoms with Gasteiger partial charge in [-0.25, -0.2) is 0 Å². The molecule has 4 heteroatoms. The van der Waals surface area contributed by atoms with Gasteiger partial charge in [-0.2, -0.15) is 0 Å². The minimum atomic E-state index is 0.128. The lowest BCUT2D eigenvalue weighted by Crippen LogP contribution is -2.33. The van der Waals surface area contributed by atoms with Crippen molar-refractivity contribution >= 4 is 21.8 Å². The molecule has 1 aromatic carbocycles. The van der Waals surface area contributed by atoms with Crippen LogP contribution in [0.4, 0.5) is 0 Å². The van der Waals surface area contributed by atoms with E-state index >= 15 is 0 Å². The molecule has 98 valence electrons. The van der Waals surface area contributed by atoms with Gasteiger partial charge in [0.25, 0.3) is 5.91 Å². The number of hydrogen-bond acceptors (Lipinski definition) is 2. The van der Waals surface area contributed by atoms with Gasteiger partial charge in [-0.1, -0.05) is 6.92 Å². The number of methoxy groups -OCH3 is 1. The third-order valence-electron chi connectivity index (χ3n) is 3.11. The maximum absolute atomic E-state index is 12.4. The number of ether oxygens (including phenoxy) is 1. The number of rotatable bonds is 5. The zero-order valence-electron chi connectivity index (χ0n) is 10.8. The van der Waals surface area contributed by atoms with Crippen molar-refractivity contribution in [1.82, 2.24) is 4.90 Å². The first-order valence-electron chi connectivity index (χ1n) is 6.32. The summed E-state index contributed by atoms with van der Waals surface area (Å²) in [7, 11) is 1.62. The van der Waals surface area contributed by atoms with Gasteiger partial charge in [0.05, 0.1) is 11.6 Å². The first-order chi connectivity index (χ1) is 8.67. The van der Waals surface area contributed by atoms with E-state index in [-0.39, 0.29) is 5.91 Å². The number of amides is 1. The van der Waals surface area contributed by atoms with E-state index in [1.54, 1.807) is 7.11 Å². The summed E-state index contributed by atoms with van der Waals surface area (Å²) in [5, 5.41) is 0. The van der Waals surface area contributed by atoms with E-state index in [0.29, 0.717) is 6.04 Å². The van der Waals surface area contributed by atoms with E-state index in [2.05, 4.69) is 22.9 Å². The molecule has 1 fully saturated rings. The molecule has 1 aliphatic rings. The van der Waals surface area contributed by atoms with Crippen molar-refractivity contribution in [2.45, 2.75) is 32.2 Å². The second-order valence-corrected chi connectivity index (χ2v) is 5.43. The second-order valence-electron chi connectivity index (χ2n) is 4.58. The molecular formula is C14H18BrNO2. The fraction of sp³-hybridized carbons (Fsp3) is 0.500. The zero-order valence-corrected chi connectivity index (χ0v) is 12.4. The third-order valence-corrected chi connectivity index (χ3v) is 3.73. The van der Waals surface area contributed by atoms with E-state index in [9.17, 15) is 4.79 Å². The number of carbonyl (C=O) groups excluding carboxylic acids is 1. The Balaban J connectivity index is 2.18. The minimum absolute atomic E-state index is 0.128. The molecule has 3 nitrogen and oxygen atoms in total. The van der Waals surface area contributed by atoms with Gasteiger partial charge in [-0.05, 0) is 53.4 Å². The fourth-order valence-corrected chi connectivity index (χ4v) is 2.58. The summed E-state index contributed by atoms with van der Waals surface area (Å²) in [5.74, 6) is 0.878. The summed E-state index contributed by atoms with van der Waals surface area (Å²) in [6, 6.07) is 5.95. The van der Waals surface area contributed by atoms with Crippen molar-refractivity contribution in [2.75, 3.05) is 13.7 Å². The molecule has 0 bridgehead atoms. The summed E-state index contributed by atoms with van der Waals surface area (Å²) in [4.78, 5) is 14.4. The van der Waals surface area contributed by atoms with E-state index < -0.39 is 0 Å². The number of nitrogens with zero attached hydrogens (tertiary/aromatic N) is 1. The molecule has 0 unspecified atom stereocenters. The molecule has 0 aromatic heterocycles. The predicted octanol–water partition coefficient (Wildman–Crippen LogP) is 3.47. The average molecular weight is 312 g/mol. The van der Waals surface area contributed by atoms with Crippen LogP contribution in [-0.4, -0.2) is 30.5 Å². The zero-order chi connectivity index (χ0) is 13.1. The summed E-state index contributed by atoms with van der Waals surface area (Å²) >= 11 is 3.42. The van der Waals surface area contributed by atoms with Crippen LogP contribution in [0.3, 0.4) is 0 Å². The van der Waals surface area contributed by atoms with Crippen LogP contribution in [0.25, 0.3) is 0 Å². The van der Waals surface area contributed by atoms with E-state index in [1.807, 2.05) is 23.1 Å². The Morgan fingerprint density at radius 3 is 2.72 bits per heavy atom. The highest BCUT2D eigenvalue weighted by Gasteiger charge is 2.32. The molecular weight excluding hydrogens is 294 g/mol. The molecule has 1 aromatic rings. The topological polar surface area (TPSA) is 29.5 Å². The predicted molar refractivity (Wildman–Crippen MR) is 75.0 cm³/mol. The number of carbonyl (C=O) groups is 1. The molecule has 0 radical (unpaired) electrons. The standard InChI is InChI=1S/C14H18BrNO2/c1-3-8-16(11-5-6-11)14(17)10-4-7-13(18-2)12(15)9-10/h4,7,9,11H,3,5-6,8H2,1-2H3. The van der Waals surface area contributed by atoms with E-state index in [1.165, 1.54) is 0 Å². The Hall–Kier alpha value is -1.03. The highest BCUT2D eigenvalue weighted by Crippen LogP contribution is 2.30. The summed E-state index contributed by atoms with van der Waals surface area (Å²) in [5.41, 5.74) is 0.725. The Kier molecular flexibility index (Phi) is 4.27. The molecule has 18 heavy (non-hydrogen) atoms. The maximum atomic E-state index is 12.4. The van der Waals surface area contributed by atoms with Gasteiger partial charge in [0.2, 0.25) is 0 Å². The van der Waals surface area contributed by atoms with Gasteiger partial charge >= 0.3 is 0 Å². The van der Waals surface area contributed by atoms with Crippen molar-refractivity contribution in [3.8, 4) is 5.75 Å². The molecule has 0 atom stereocenters. The number of halogens is 1. The van der Waals surface area contributed by atoms with Crippen LogP contribution in [0.1, 0.15) is 36.5 Å². The molecule has 1 amide bonds. The molecule has 2 rings (SSSR count). The van der Waals surface area contributed by atoms with Crippen LogP contribution >= 0.6 is 15.9 Å². The van der Waals surface area contributed by atoms with Crippen molar-refractivity contribution in [2.24, 2.45) is 0 Å². The Labute approximate surface area is 116 Å². The van der Waals surface area contributed by atoms with Crippen molar-refractivity contribution in [3.63, 3.8) is 0 Å². The SMILES string of the molecule is CCCN(C(=O)c1ccc(OC)c(Br)c1)C1CC1. The van der Waals surface area contributed by atoms with Gasteiger partial charge in [0.1, 0.15) is 5.75 Å². The largest absolute Gasteiger partial charge is 0.496 e. The normalized spacial score (nSPS) is 14.4. The number of hydrogen-bond donors (Lipinski definition) is 0. The van der Waals surface area contributed by atoms with Crippen LogP contribution in [0, 0.1) is 0 Å². The molecule has 0 saturated heterocycles. The summed E-state index contributed by atoms with van der Waals surface area (Å²) < 4.78 is 6.00. The molecule has 0 aliphatic heterocycles. The van der Waals surface area contributed by atoms with Crippen LogP contribution < -0.4 is 4.74 Å². The van der Waals surface area contributed by atoms with E-state index in [4.69, 9.17) is 4.74 Å². The van der Waals surface area contributed by atoms with Crippen molar-refractivity contribution in [1.29, 1.82) is 0 Å². The summed E-state index contributed by atoms with van der Waals surface area (Å²) in [6.07, 6.45) is 3.28. The number of benzene rings is 1. The molecule has 1 saturated carbocycles. The highest BCUT2D eigenvalue weighted by atomic mass is 79.9. The van der Waals surface area contributed by atoms with Crippen molar-refractivity contribution < 1.29 is 9.53 Å². The average Bonchev–Trinajstić information content (AvgIpc) is 3.19. The quantitative estimate of drug-likeness (QED) is 0.833. The van der Waals surface area contributed by atoms with Crippen LogP contribution in [-0.2, 0) is 0 Å². The van der Waals surface area contributed by atoms with Crippen molar-refractivity contribution in [3.05, 3.63) is 28.2 Å². The highest BCUT2D eigenvalue weighted by molar-refractivity contribution is 9.10. The molecule has 1 aliphatic carbocycles. The summed E-state index contributed by atoms with van der Waals surface area (Å²) in [6.45, 7) is 2.94. The lowest BCUT2D eigenvalue weighted by Gasteiger charge is -2.22. The van der Waals surface area contributed by atoms with Gasteiger partial charge in [-0.3, -0.25) is 4.79 Å². The minimum Gasteiger partial charge on any atom is -0.496 e. The second kappa shape index (κ2) is 5.74. The van der Waals surface area contributed by atoms with E-state index in [0.717, 1.165) is 41.6 Å². The smallest absolute Gasteiger partial charge is 0.254 e. The first kappa shape index (κ1) is 13.4. The Morgan fingerprint density at radius 2 is 2.22 bits per heavy atom. The molecule has 0 heterocycles. The van der Waals surface area contributed by atoms with Crippen LogP contribution in [0.15, 0.2) is 22.7 Å². The maximum Gasteiger partial charge on any atom is 0.254 e. The molecule has 0 N–H and O–H groups in total. The van der Waals surface area contributed by atoms with Crippen LogP contribution in [0.2, 0.25) is 0 Å². The first-order valence-corrected chi connectivity index (χ1v) is 7.11. The lowest BCUT2D eigenvalue weighted by molar-refractivity contribution is 0.0743. The third kappa shape index (κ3) is 2.86. The fourth-order valence-electron chi connectivity index (χ4n) is 2.04. The Morgan fingerprint density at radius 1 is 1.50 bits per heavy atom. The van der Waals surface area contributed by atoms with Gasteiger partial charge < -0.3 is 9.64 Å². The Bertz CT molecular complexity index is 443. The molecule has 0 spiro atoms. The van der Waals surface area contributed by atoms with Gasteiger partial charge in [0.15, 0.2) is 0 Å². The van der Waals surface area contributed by atoms with Crippen LogP contribution in [0.5, 0.6) is 5.75 Å².